The molecule has 0 saturated heterocycles. The van der Waals surface area contributed by atoms with Gasteiger partial charge in [0.15, 0.2) is 0 Å². The van der Waals surface area contributed by atoms with E-state index in [2.05, 4.69) is 10.6 Å². The molecule has 1 saturated carbocycles. The molecule has 2 N–H and O–H groups in total. The maximum Gasteiger partial charge on any atom is 0.416 e. The summed E-state index contributed by atoms with van der Waals surface area (Å²) in [6.45, 7) is 0. The lowest BCUT2D eigenvalue weighted by Crippen LogP contribution is -2.24. The summed E-state index contributed by atoms with van der Waals surface area (Å²) in [5.41, 5.74) is -0.288. The second-order valence-electron chi connectivity index (χ2n) is 8.00. The van der Waals surface area contributed by atoms with Gasteiger partial charge in [0.1, 0.15) is 0 Å². The van der Waals surface area contributed by atoms with Crippen LogP contribution in [-0.2, 0) is 16.2 Å². The molecule has 3 rings (SSSR count). The lowest BCUT2D eigenvalue weighted by molar-refractivity contribution is -0.137. The summed E-state index contributed by atoms with van der Waals surface area (Å²) in [6, 6.07) is 8.60. The van der Waals surface area contributed by atoms with Crippen LogP contribution >= 0.6 is 0 Å². The number of hydrogen-bond donors (Lipinski definition) is 2. The molecule has 1 fully saturated rings. The Hall–Kier alpha value is -2.59. The third-order valence-electron chi connectivity index (χ3n) is 5.45. The van der Waals surface area contributed by atoms with Crippen molar-refractivity contribution in [2.24, 2.45) is 0 Å². The Morgan fingerprint density at radius 3 is 2.16 bits per heavy atom. The van der Waals surface area contributed by atoms with E-state index >= 15 is 0 Å². The molecular weight excluding hydrogens is 443 g/mol. The maximum atomic E-state index is 13.2. The van der Waals surface area contributed by atoms with Gasteiger partial charge in [-0.15, -0.1) is 0 Å². The molecule has 1 amide bonds. The number of sulfonamides is 1. The van der Waals surface area contributed by atoms with Crippen LogP contribution in [-0.4, -0.2) is 38.8 Å². The summed E-state index contributed by atoms with van der Waals surface area (Å²) in [5, 5.41) is 5.81. The smallest absolute Gasteiger partial charge is 0.381 e. The predicted octanol–water partition coefficient (Wildman–Crippen LogP) is 4.95. The quantitative estimate of drug-likeness (QED) is 0.627. The summed E-state index contributed by atoms with van der Waals surface area (Å²) in [6.07, 6.45) is 0.496. The number of carbonyl (C=O) groups excluding carboxylic acids is 1. The SMILES string of the molecule is CN(C)S(=O)(=O)c1ccc(C(=O)Nc2cc(C(F)(F)F)ccc2NC2CCCCC2)cc1. The minimum absolute atomic E-state index is 0.0118. The molecule has 0 aromatic heterocycles. The summed E-state index contributed by atoms with van der Waals surface area (Å²) >= 11 is 0. The van der Waals surface area contributed by atoms with Crippen LogP contribution in [0.3, 0.4) is 0 Å². The van der Waals surface area contributed by atoms with E-state index in [9.17, 15) is 26.4 Å². The van der Waals surface area contributed by atoms with Gasteiger partial charge in [-0.3, -0.25) is 4.79 Å². The van der Waals surface area contributed by atoms with Crippen molar-refractivity contribution in [3.05, 3.63) is 53.6 Å². The van der Waals surface area contributed by atoms with Crippen LogP contribution in [0, 0.1) is 0 Å². The van der Waals surface area contributed by atoms with Crippen molar-refractivity contribution in [1.29, 1.82) is 0 Å². The van der Waals surface area contributed by atoms with Crippen molar-refractivity contribution in [3.8, 4) is 0 Å². The highest BCUT2D eigenvalue weighted by Gasteiger charge is 2.31. The van der Waals surface area contributed by atoms with Gasteiger partial charge >= 0.3 is 6.18 Å². The summed E-state index contributed by atoms with van der Waals surface area (Å²) in [7, 11) is -0.870. The van der Waals surface area contributed by atoms with Crippen LogP contribution < -0.4 is 10.6 Å². The standard InChI is InChI=1S/C22H26F3N3O3S/c1-28(2)32(30,31)18-11-8-15(9-12-18)21(29)27-20-14-16(22(23,24)25)10-13-19(20)26-17-6-4-3-5-7-17/h8-14,17,26H,3-7H2,1-2H3,(H,27,29). The topological polar surface area (TPSA) is 78.5 Å². The number of alkyl halides is 3. The number of carbonyl (C=O) groups is 1. The molecule has 0 heterocycles. The fraction of sp³-hybridized carbons (Fsp3) is 0.409. The lowest BCUT2D eigenvalue weighted by atomic mass is 9.95. The van der Waals surface area contributed by atoms with Crippen LogP contribution in [0.15, 0.2) is 47.4 Å². The average molecular weight is 470 g/mol. The molecule has 0 aliphatic heterocycles. The Bertz CT molecular complexity index is 1060. The number of benzene rings is 2. The largest absolute Gasteiger partial charge is 0.416 e. The highest BCUT2D eigenvalue weighted by Crippen LogP contribution is 2.35. The minimum Gasteiger partial charge on any atom is -0.381 e. The minimum atomic E-state index is -4.55. The third-order valence-corrected chi connectivity index (χ3v) is 7.28. The highest BCUT2D eigenvalue weighted by atomic mass is 32.2. The molecule has 1 aliphatic rings. The van der Waals surface area contributed by atoms with E-state index in [0.29, 0.717) is 5.69 Å². The van der Waals surface area contributed by atoms with Gasteiger partial charge in [-0.25, -0.2) is 12.7 Å². The molecule has 0 unspecified atom stereocenters. The molecule has 0 bridgehead atoms. The van der Waals surface area contributed by atoms with Crippen LogP contribution in [0.2, 0.25) is 0 Å². The van der Waals surface area contributed by atoms with E-state index in [0.717, 1.165) is 48.5 Å². The molecule has 174 valence electrons. The van der Waals surface area contributed by atoms with Crippen LogP contribution in [0.25, 0.3) is 0 Å². The molecule has 10 heteroatoms. The molecular formula is C22H26F3N3O3S. The number of anilines is 2. The van der Waals surface area contributed by atoms with E-state index in [1.54, 1.807) is 0 Å². The van der Waals surface area contributed by atoms with Crippen LogP contribution in [0.1, 0.15) is 48.0 Å². The first kappa shape index (κ1) is 24.1. The van der Waals surface area contributed by atoms with Crippen molar-refractivity contribution in [2.75, 3.05) is 24.7 Å². The molecule has 2 aromatic carbocycles. The number of nitrogens with one attached hydrogen (secondary N) is 2. The van der Waals surface area contributed by atoms with Gasteiger partial charge in [0, 0.05) is 25.7 Å². The predicted molar refractivity (Wildman–Crippen MR) is 117 cm³/mol. The second kappa shape index (κ2) is 9.50. The number of nitrogens with zero attached hydrogens (tertiary/aromatic N) is 1. The first-order valence-corrected chi connectivity index (χ1v) is 11.7. The zero-order valence-corrected chi connectivity index (χ0v) is 18.7. The van der Waals surface area contributed by atoms with Crippen molar-refractivity contribution in [1.82, 2.24) is 4.31 Å². The third kappa shape index (κ3) is 5.60. The summed E-state index contributed by atoms with van der Waals surface area (Å²) in [4.78, 5) is 12.7. The van der Waals surface area contributed by atoms with Gasteiger partial charge in [-0.1, -0.05) is 19.3 Å². The monoisotopic (exact) mass is 469 g/mol. The normalized spacial score (nSPS) is 15.6. The molecule has 0 atom stereocenters. The van der Waals surface area contributed by atoms with Crippen LogP contribution in [0.4, 0.5) is 24.5 Å². The molecule has 32 heavy (non-hydrogen) atoms. The molecule has 1 aliphatic carbocycles. The molecule has 6 nitrogen and oxygen atoms in total. The van der Waals surface area contributed by atoms with E-state index < -0.39 is 27.7 Å². The van der Waals surface area contributed by atoms with Gasteiger partial charge in [0.25, 0.3) is 5.91 Å². The first-order valence-electron chi connectivity index (χ1n) is 10.3. The molecule has 2 aromatic rings. The second-order valence-corrected chi connectivity index (χ2v) is 10.2. The van der Waals surface area contributed by atoms with E-state index in [4.69, 9.17) is 0 Å². The number of rotatable bonds is 6. The Morgan fingerprint density at radius 2 is 1.59 bits per heavy atom. The van der Waals surface area contributed by atoms with Crippen LogP contribution in [0.5, 0.6) is 0 Å². The van der Waals surface area contributed by atoms with Gasteiger partial charge in [0.05, 0.1) is 21.8 Å². The number of hydrogen-bond acceptors (Lipinski definition) is 4. The first-order chi connectivity index (χ1) is 15.0. The van der Waals surface area contributed by atoms with Gasteiger partial charge in [-0.2, -0.15) is 13.2 Å². The van der Waals surface area contributed by atoms with Gasteiger partial charge < -0.3 is 10.6 Å². The Morgan fingerprint density at radius 1 is 0.969 bits per heavy atom. The van der Waals surface area contributed by atoms with Crippen molar-refractivity contribution in [3.63, 3.8) is 0 Å². The fourth-order valence-electron chi connectivity index (χ4n) is 3.60. The fourth-order valence-corrected chi connectivity index (χ4v) is 4.50. The summed E-state index contributed by atoms with van der Waals surface area (Å²) < 4.78 is 65.1. The van der Waals surface area contributed by atoms with E-state index in [1.807, 2.05) is 0 Å². The number of halogens is 3. The van der Waals surface area contributed by atoms with Crippen molar-refractivity contribution < 1.29 is 26.4 Å². The Labute approximate surface area is 185 Å². The molecule has 0 radical (unpaired) electrons. The van der Waals surface area contributed by atoms with Gasteiger partial charge in [-0.05, 0) is 55.3 Å². The van der Waals surface area contributed by atoms with E-state index in [1.165, 1.54) is 44.4 Å². The highest BCUT2D eigenvalue weighted by molar-refractivity contribution is 7.89. The average Bonchev–Trinajstić information content (AvgIpc) is 2.75. The Kier molecular flexibility index (Phi) is 7.14. The zero-order chi connectivity index (χ0) is 23.5. The van der Waals surface area contributed by atoms with Crippen molar-refractivity contribution in [2.45, 2.75) is 49.2 Å². The van der Waals surface area contributed by atoms with E-state index in [-0.39, 0.29) is 22.2 Å². The zero-order valence-electron chi connectivity index (χ0n) is 17.9. The Balaban J connectivity index is 1.86. The maximum absolute atomic E-state index is 13.2. The van der Waals surface area contributed by atoms with Crippen molar-refractivity contribution >= 4 is 27.3 Å². The number of amides is 1. The molecule has 0 spiro atoms. The lowest BCUT2D eigenvalue weighted by Gasteiger charge is -2.25. The summed E-state index contributed by atoms with van der Waals surface area (Å²) in [5.74, 6) is -0.634. The van der Waals surface area contributed by atoms with Gasteiger partial charge in [0.2, 0.25) is 10.0 Å².